The second-order valence-corrected chi connectivity index (χ2v) is 7.15. The van der Waals surface area contributed by atoms with Crippen molar-refractivity contribution >= 4 is 5.69 Å². The Hall–Kier alpha value is -1.25. The van der Waals surface area contributed by atoms with Crippen LogP contribution < -0.4 is 10.1 Å². The summed E-state index contributed by atoms with van der Waals surface area (Å²) in [6.45, 7) is 4.09. The number of pyridine rings is 1. The second-order valence-electron chi connectivity index (χ2n) is 7.15. The lowest BCUT2D eigenvalue weighted by Crippen LogP contribution is -2.32. The van der Waals surface area contributed by atoms with Crippen molar-refractivity contribution in [2.75, 3.05) is 5.32 Å². The molecule has 1 heterocycles. The molecule has 0 aliphatic heterocycles. The SMILES string of the molecule is CC(C)Oc1ncccc1NC1CCC2(CCCC2)CC1. The fourth-order valence-electron chi connectivity index (χ4n) is 4.04. The van der Waals surface area contributed by atoms with Crippen molar-refractivity contribution in [3.8, 4) is 5.88 Å². The van der Waals surface area contributed by atoms with Gasteiger partial charge in [-0.25, -0.2) is 4.98 Å². The number of hydrogen-bond donors (Lipinski definition) is 1. The zero-order valence-corrected chi connectivity index (χ0v) is 13.4. The van der Waals surface area contributed by atoms with Crippen molar-refractivity contribution in [3.05, 3.63) is 18.3 Å². The van der Waals surface area contributed by atoms with E-state index in [4.69, 9.17) is 4.74 Å². The number of nitrogens with one attached hydrogen (secondary N) is 1. The topological polar surface area (TPSA) is 34.1 Å². The van der Waals surface area contributed by atoms with Crippen molar-refractivity contribution in [2.45, 2.75) is 77.4 Å². The summed E-state index contributed by atoms with van der Waals surface area (Å²) in [7, 11) is 0. The minimum Gasteiger partial charge on any atom is -0.473 e. The van der Waals surface area contributed by atoms with Gasteiger partial charge in [0.2, 0.25) is 5.88 Å². The van der Waals surface area contributed by atoms with Crippen LogP contribution in [0.15, 0.2) is 18.3 Å². The van der Waals surface area contributed by atoms with Crippen molar-refractivity contribution in [2.24, 2.45) is 5.41 Å². The minimum atomic E-state index is 0.161. The van der Waals surface area contributed by atoms with E-state index in [9.17, 15) is 0 Å². The van der Waals surface area contributed by atoms with Gasteiger partial charge in [-0.15, -0.1) is 0 Å². The summed E-state index contributed by atoms with van der Waals surface area (Å²) in [6, 6.07) is 4.65. The smallest absolute Gasteiger partial charge is 0.237 e. The van der Waals surface area contributed by atoms with Gasteiger partial charge in [-0.05, 0) is 69.9 Å². The molecular formula is C18H28N2O. The molecule has 0 amide bonds. The van der Waals surface area contributed by atoms with Crippen molar-refractivity contribution < 1.29 is 4.74 Å². The Morgan fingerprint density at radius 3 is 2.57 bits per heavy atom. The molecule has 0 aromatic carbocycles. The highest BCUT2D eigenvalue weighted by atomic mass is 16.5. The number of anilines is 1. The normalized spacial score (nSPS) is 21.9. The average Bonchev–Trinajstić information content (AvgIpc) is 2.92. The van der Waals surface area contributed by atoms with Crippen LogP contribution in [0.3, 0.4) is 0 Å². The van der Waals surface area contributed by atoms with E-state index in [2.05, 4.69) is 16.4 Å². The van der Waals surface area contributed by atoms with Crippen LogP contribution in [0.25, 0.3) is 0 Å². The van der Waals surface area contributed by atoms with E-state index < -0.39 is 0 Å². The predicted molar refractivity (Wildman–Crippen MR) is 86.8 cm³/mol. The number of ether oxygens (including phenoxy) is 1. The molecule has 3 heteroatoms. The maximum atomic E-state index is 5.81. The van der Waals surface area contributed by atoms with E-state index in [1.165, 1.54) is 51.4 Å². The third-order valence-corrected chi connectivity index (χ3v) is 5.19. The van der Waals surface area contributed by atoms with Gasteiger partial charge in [-0.2, -0.15) is 0 Å². The van der Waals surface area contributed by atoms with Gasteiger partial charge < -0.3 is 10.1 Å². The molecule has 0 saturated heterocycles. The van der Waals surface area contributed by atoms with Gasteiger partial charge in [0.15, 0.2) is 0 Å². The molecule has 116 valence electrons. The quantitative estimate of drug-likeness (QED) is 0.865. The van der Waals surface area contributed by atoms with Crippen LogP contribution in [0.5, 0.6) is 5.88 Å². The molecule has 21 heavy (non-hydrogen) atoms. The number of rotatable bonds is 4. The van der Waals surface area contributed by atoms with E-state index in [0.29, 0.717) is 11.5 Å². The predicted octanol–water partition coefficient (Wildman–Crippen LogP) is 4.78. The Kier molecular flexibility index (Phi) is 4.37. The highest BCUT2D eigenvalue weighted by molar-refractivity contribution is 5.52. The van der Waals surface area contributed by atoms with E-state index in [-0.39, 0.29) is 6.10 Å². The lowest BCUT2D eigenvalue weighted by atomic mass is 9.71. The van der Waals surface area contributed by atoms with Crippen molar-refractivity contribution in [3.63, 3.8) is 0 Å². The molecule has 0 bridgehead atoms. The number of nitrogens with zero attached hydrogens (tertiary/aromatic N) is 1. The summed E-state index contributed by atoms with van der Waals surface area (Å²) in [6.07, 6.45) is 13.2. The Balaban J connectivity index is 1.60. The summed E-state index contributed by atoms with van der Waals surface area (Å²) >= 11 is 0. The summed E-state index contributed by atoms with van der Waals surface area (Å²) in [5.74, 6) is 0.744. The molecule has 1 aromatic rings. The fraction of sp³-hybridized carbons (Fsp3) is 0.722. The number of hydrogen-bond acceptors (Lipinski definition) is 3. The van der Waals surface area contributed by atoms with Gasteiger partial charge >= 0.3 is 0 Å². The fourth-order valence-corrected chi connectivity index (χ4v) is 4.04. The zero-order valence-electron chi connectivity index (χ0n) is 13.4. The first kappa shape index (κ1) is 14.7. The molecule has 0 radical (unpaired) electrons. The first-order valence-electron chi connectivity index (χ1n) is 8.55. The first-order valence-corrected chi connectivity index (χ1v) is 8.55. The third kappa shape index (κ3) is 3.50. The molecule has 2 fully saturated rings. The van der Waals surface area contributed by atoms with E-state index in [0.717, 1.165) is 11.6 Å². The molecule has 1 spiro atoms. The van der Waals surface area contributed by atoms with E-state index >= 15 is 0 Å². The van der Waals surface area contributed by atoms with E-state index in [1.54, 1.807) is 6.20 Å². The molecule has 0 atom stereocenters. The molecule has 2 aliphatic carbocycles. The third-order valence-electron chi connectivity index (χ3n) is 5.19. The van der Waals surface area contributed by atoms with Crippen LogP contribution in [0.1, 0.15) is 65.2 Å². The lowest BCUT2D eigenvalue weighted by Gasteiger charge is -2.38. The molecule has 3 nitrogen and oxygen atoms in total. The van der Waals surface area contributed by atoms with Crippen LogP contribution in [0, 0.1) is 5.41 Å². The van der Waals surface area contributed by atoms with Crippen LogP contribution >= 0.6 is 0 Å². The highest BCUT2D eigenvalue weighted by Gasteiger charge is 2.37. The Morgan fingerprint density at radius 1 is 1.19 bits per heavy atom. The van der Waals surface area contributed by atoms with Crippen LogP contribution in [-0.4, -0.2) is 17.1 Å². The Labute approximate surface area is 128 Å². The monoisotopic (exact) mass is 288 g/mol. The maximum Gasteiger partial charge on any atom is 0.237 e. The summed E-state index contributed by atoms with van der Waals surface area (Å²) in [5, 5.41) is 3.67. The second kappa shape index (κ2) is 6.25. The Morgan fingerprint density at radius 2 is 1.90 bits per heavy atom. The Bertz CT molecular complexity index is 456. The van der Waals surface area contributed by atoms with Gasteiger partial charge in [0.25, 0.3) is 0 Å². The van der Waals surface area contributed by atoms with Crippen molar-refractivity contribution in [1.29, 1.82) is 0 Å². The lowest BCUT2D eigenvalue weighted by molar-refractivity contribution is 0.187. The highest BCUT2D eigenvalue weighted by Crippen LogP contribution is 2.49. The van der Waals surface area contributed by atoms with Gasteiger partial charge in [0.1, 0.15) is 0 Å². The maximum absolute atomic E-state index is 5.81. The largest absolute Gasteiger partial charge is 0.473 e. The molecular weight excluding hydrogens is 260 g/mol. The summed E-state index contributed by atoms with van der Waals surface area (Å²) < 4.78 is 5.81. The van der Waals surface area contributed by atoms with Crippen LogP contribution in [0.4, 0.5) is 5.69 Å². The summed E-state index contributed by atoms with van der Waals surface area (Å²) in [4.78, 5) is 4.37. The van der Waals surface area contributed by atoms with Crippen LogP contribution in [0.2, 0.25) is 0 Å². The average molecular weight is 288 g/mol. The number of aromatic nitrogens is 1. The van der Waals surface area contributed by atoms with Gasteiger partial charge in [-0.1, -0.05) is 12.8 Å². The molecule has 1 aromatic heterocycles. The van der Waals surface area contributed by atoms with Gasteiger partial charge in [0, 0.05) is 12.2 Å². The molecule has 0 unspecified atom stereocenters. The molecule has 3 rings (SSSR count). The summed E-state index contributed by atoms with van der Waals surface area (Å²) in [5.41, 5.74) is 1.75. The van der Waals surface area contributed by atoms with Crippen LogP contribution in [-0.2, 0) is 0 Å². The molecule has 2 saturated carbocycles. The van der Waals surface area contributed by atoms with E-state index in [1.807, 2.05) is 19.9 Å². The van der Waals surface area contributed by atoms with Gasteiger partial charge in [-0.3, -0.25) is 0 Å². The first-order chi connectivity index (χ1) is 10.2. The minimum absolute atomic E-state index is 0.161. The van der Waals surface area contributed by atoms with Gasteiger partial charge in [0.05, 0.1) is 11.8 Å². The molecule has 1 N–H and O–H groups in total. The zero-order chi connectivity index (χ0) is 14.7. The van der Waals surface area contributed by atoms with Crippen molar-refractivity contribution in [1.82, 2.24) is 4.98 Å². The molecule has 2 aliphatic rings. The standard InChI is InChI=1S/C18H28N2O/c1-14(2)21-17-16(6-5-13-19-17)20-15-7-11-18(12-8-15)9-3-4-10-18/h5-6,13-15,20H,3-4,7-12H2,1-2H3.